The fourth-order valence-corrected chi connectivity index (χ4v) is 2.66. The summed E-state index contributed by atoms with van der Waals surface area (Å²) >= 11 is 0. The summed E-state index contributed by atoms with van der Waals surface area (Å²) in [6, 6.07) is 8.96. The first-order valence-corrected chi connectivity index (χ1v) is 7.49. The van der Waals surface area contributed by atoms with Crippen LogP contribution in [0.25, 0.3) is 10.9 Å². The highest BCUT2D eigenvalue weighted by atomic mass is 16.2. The molecule has 0 bridgehead atoms. The molecule has 1 amide bonds. The van der Waals surface area contributed by atoms with E-state index in [1.165, 1.54) is 10.9 Å². The number of rotatable bonds is 5. The zero-order chi connectivity index (χ0) is 14.1. The van der Waals surface area contributed by atoms with E-state index in [1.54, 1.807) is 0 Å². The minimum absolute atomic E-state index is 0.300. The van der Waals surface area contributed by atoms with Gasteiger partial charge >= 0.3 is 0 Å². The molecule has 0 spiro atoms. The number of nitrogens with one attached hydrogen (secondary N) is 1. The van der Waals surface area contributed by atoms with Gasteiger partial charge in [-0.25, -0.2) is 0 Å². The van der Waals surface area contributed by atoms with E-state index in [0.717, 1.165) is 24.9 Å². The van der Waals surface area contributed by atoms with Gasteiger partial charge in [0.1, 0.15) is 0 Å². The van der Waals surface area contributed by atoms with Crippen molar-refractivity contribution in [3.05, 3.63) is 36.0 Å². The number of H-pyrrole nitrogens is 1. The van der Waals surface area contributed by atoms with Gasteiger partial charge in [0.25, 0.3) is 0 Å². The normalized spacial score (nSPS) is 14.9. The van der Waals surface area contributed by atoms with Gasteiger partial charge < -0.3 is 9.88 Å². The molecule has 20 heavy (non-hydrogen) atoms. The number of benzene rings is 1. The largest absolute Gasteiger partial charge is 0.361 e. The summed E-state index contributed by atoms with van der Waals surface area (Å²) in [4.78, 5) is 17.7. The minimum atomic E-state index is 0.300. The molecular formula is C17H22N2O. The molecule has 1 aliphatic carbocycles. The van der Waals surface area contributed by atoms with Crippen molar-refractivity contribution in [1.29, 1.82) is 0 Å². The summed E-state index contributed by atoms with van der Waals surface area (Å²) in [5.74, 6) is 0.726. The molecule has 1 saturated carbocycles. The monoisotopic (exact) mass is 270 g/mol. The summed E-state index contributed by atoms with van der Waals surface area (Å²) in [6.07, 6.45) is 4.93. The lowest BCUT2D eigenvalue weighted by Gasteiger charge is -2.23. The molecule has 1 aromatic carbocycles. The first-order valence-electron chi connectivity index (χ1n) is 7.49. The summed E-state index contributed by atoms with van der Waals surface area (Å²) in [7, 11) is 0. The zero-order valence-corrected chi connectivity index (χ0v) is 12.2. The lowest BCUT2D eigenvalue weighted by molar-refractivity contribution is -0.133. The van der Waals surface area contributed by atoms with E-state index >= 15 is 0 Å². The molecule has 0 saturated heterocycles. The van der Waals surface area contributed by atoms with Crippen molar-refractivity contribution in [2.24, 2.45) is 5.92 Å². The Morgan fingerprint density at radius 2 is 2.15 bits per heavy atom. The number of hydrogen-bond acceptors (Lipinski definition) is 1. The van der Waals surface area contributed by atoms with Crippen molar-refractivity contribution in [3.63, 3.8) is 0 Å². The highest BCUT2D eigenvalue weighted by Gasteiger charge is 2.32. The van der Waals surface area contributed by atoms with Crippen molar-refractivity contribution in [2.45, 2.75) is 45.7 Å². The third-order valence-electron chi connectivity index (χ3n) is 3.86. The van der Waals surface area contributed by atoms with Gasteiger partial charge in [-0.05, 0) is 41.8 Å². The van der Waals surface area contributed by atoms with Gasteiger partial charge in [0.15, 0.2) is 0 Å². The van der Waals surface area contributed by atoms with E-state index in [0.29, 0.717) is 24.3 Å². The summed E-state index contributed by atoms with van der Waals surface area (Å²) in [5, 5.41) is 1.22. The predicted octanol–water partition coefficient (Wildman–Crippen LogP) is 3.71. The van der Waals surface area contributed by atoms with Crippen molar-refractivity contribution in [1.82, 2.24) is 9.88 Å². The van der Waals surface area contributed by atoms with Gasteiger partial charge in [0, 0.05) is 30.7 Å². The number of fused-ring (bicyclic) bond motifs is 1. The molecule has 3 nitrogen and oxygen atoms in total. The molecule has 1 aliphatic rings. The Morgan fingerprint density at radius 3 is 2.85 bits per heavy atom. The molecule has 0 aliphatic heterocycles. The summed E-state index contributed by atoms with van der Waals surface area (Å²) in [5.41, 5.74) is 2.36. The summed E-state index contributed by atoms with van der Waals surface area (Å²) < 4.78 is 0. The van der Waals surface area contributed by atoms with Gasteiger partial charge in [-0.2, -0.15) is 0 Å². The Morgan fingerprint density at radius 1 is 1.35 bits per heavy atom. The number of aromatic nitrogens is 1. The Hall–Kier alpha value is -1.77. The maximum Gasteiger partial charge on any atom is 0.223 e. The Labute approximate surface area is 120 Å². The lowest BCUT2D eigenvalue weighted by Crippen LogP contribution is -2.33. The van der Waals surface area contributed by atoms with E-state index < -0.39 is 0 Å². The number of hydrogen-bond donors (Lipinski definition) is 1. The highest BCUT2D eigenvalue weighted by molar-refractivity contribution is 5.80. The van der Waals surface area contributed by atoms with Crippen LogP contribution in [0.4, 0.5) is 0 Å². The van der Waals surface area contributed by atoms with E-state index in [-0.39, 0.29) is 0 Å². The molecule has 106 valence electrons. The number of amides is 1. The van der Waals surface area contributed by atoms with Gasteiger partial charge in [0.05, 0.1) is 0 Å². The van der Waals surface area contributed by atoms with Crippen LogP contribution in [0.2, 0.25) is 0 Å². The van der Waals surface area contributed by atoms with Crippen LogP contribution in [0.1, 0.15) is 38.7 Å². The molecule has 3 heteroatoms. The maximum absolute atomic E-state index is 12.4. The van der Waals surface area contributed by atoms with Crippen molar-refractivity contribution in [2.75, 3.05) is 0 Å². The fourth-order valence-electron chi connectivity index (χ4n) is 2.66. The van der Waals surface area contributed by atoms with E-state index in [9.17, 15) is 4.79 Å². The second kappa shape index (κ2) is 5.31. The van der Waals surface area contributed by atoms with Crippen LogP contribution in [-0.2, 0) is 11.3 Å². The average molecular weight is 270 g/mol. The quantitative estimate of drug-likeness (QED) is 0.883. The standard InChI is InChI=1S/C17H22N2O/c1-12(2)9-17(20)19(15-5-6-15)11-13-3-4-14-7-8-18-16(14)10-13/h3-4,7-8,10,12,15,18H,5-6,9,11H2,1-2H3. The second-order valence-electron chi connectivity index (χ2n) is 6.25. The molecule has 1 heterocycles. The Bertz CT molecular complexity index is 610. The van der Waals surface area contributed by atoms with Crippen molar-refractivity contribution in [3.8, 4) is 0 Å². The highest BCUT2D eigenvalue weighted by Crippen LogP contribution is 2.30. The molecule has 2 aromatic rings. The van der Waals surface area contributed by atoms with E-state index in [2.05, 4.69) is 48.0 Å². The molecule has 0 atom stereocenters. The maximum atomic E-state index is 12.4. The first-order chi connectivity index (χ1) is 9.63. The van der Waals surface area contributed by atoms with Crippen LogP contribution in [0.3, 0.4) is 0 Å². The number of carbonyl (C=O) groups is 1. The van der Waals surface area contributed by atoms with Crippen LogP contribution in [0, 0.1) is 5.92 Å². The van der Waals surface area contributed by atoms with Gasteiger partial charge in [0.2, 0.25) is 5.91 Å². The summed E-state index contributed by atoms with van der Waals surface area (Å²) in [6.45, 7) is 4.95. The van der Waals surface area contributed by atoms with E-state index in [1.807, 2.05) is 6.20 Å². The molecule has 0 unspecified atom stereocenters. The molecular weight excluding hydrogens is 248 g/mol. The Balaban J connectivity index is 1.76. The van der Waals surface area contributed by atoms with Gasteiger partial charge in [-0.15, -0.1) is 0 Å². The van der Waals surface area contributed by atoms with Gasteiger partial charge in [-0.3, -0.25) is 4.79 Å². The molecule has 1 aromatic heterocycles. The molecule has 1 fully saturated rings. The van der Waals surface area contributed by atoms with Crippen LogP contribution in [0.15, 0.2) is 30.5 Å². The lowest BCUT2D eigenvalue weighted by atomic mass is 10.1. The molecule has 1 N–H and O–H groups in total. The third kappa shape index (κ3) is 2.87. The van der Waals surface area contributed by atoms with Crippen molar-refractivity contribution < 1.29 is 4.79 Å². The van der Waals surface area contributed by atoms with E-state index in [4.69, 9.17) is 0 Å². The topological polar surface area (TPSA) is 36.1 Å². The Kier molecular flexibility index (Phi) is 3.51. The zero-order valence-electron chi connectivity index (χ0n) is 12.2. The second-order valence-corrected chi connectivity index (χ2v) is 6.25. The van der Waals surface area contributed by atoms with Crippen molar-refractivity contribution >= 4 is 16.8 Å². The number of aromatic amines is 1. The molecule has 3 rings (SSSR count). The average Bonchev–Trinajstić information content (AvgIpc) is 3.12. The SMILES string of the molecule is CC(C)CC(=O)N(Cc1ccc2cc[nH]c2c1)C1CC1. The fraction of sp³-hybridized carbons (Fsp3) is 0.471. The predicted molar refractivity (Wildman–Crippen MR) is 81.3 cm³/mol. The third-order valence-corrected chi connectivity index (χ3v) is 3.86. The first kappa shape index (κ1) is 13.2. The number of carbonyl (C=O) groups excluding carboxylic acids is 1. The van der Waals surface area contributed by atoms with Crippen LogP contribution in [0.5, 0.6) is 0 Å². The number of nitrogens with zero attached hydrogens (tertiary/aromatic N) is 1. The van der Waals surface area contributed by atoms with Gasteiger partial charge in [-0.1, -0.05) is 26.0 Å². The minimum Gasteiger partial charge on any atom is -0.361 e. The smallest absolute Gasteiger partial charge is 0.223 e. The van der Waals surface area contributed by atoms with Crippen LogP contribution in [-0.4, -0.2) is 21.8 Å². The molecule has 0 radical (unpaired) electrons. The van der Waals surface area contributed by atoms with Crippen LogP contribution < -0.4 is 0 Å². The van der Waals surface area contributed by atoms with Crippen LogP contribution >= 0.6 is 0 Å².